The zero-order chi connectivity index (χ0) is 18.4. The van der Waals surface area contributed by atoms with E-state index in [-0.39, 0.29) is 17.4 Å². The molecular formula is C19H18N6O2. The van der Waals surface area contributed by atoms with Crippen molar-refractivity contribution >= 4 is 5.91 Å². The first kappa shape index (κ1) is 15.9. The lowest BCUT2D eigenvalue weighted by molar-refractivity contribution is 0.0594. The summed E-state index contributed by atoms with van der Waals surface area (Å²) in [5, 5.41) is 11.2. The van der Waals surface area contributed by atoms with Gasteiger partial charge in [0.05, 0.1) is 5.69 Å². The summed E-state index contributed by atoms with van der Waals surface area (Å²) in [6.45, 7) is 1.99. The van der Waals surface area contributed by atoms with Crippen LogP contribution in [0.5, 0.6) is 0 Å². The number of nitrogens with zero attached hydrogens (tertiary/aromatic N) is 6. The highest BCUT2D eigenvalue weighted by Gasteiger charge is 2.36. The fraction of sp³-hybridized carbons (Fsp3) is 0.316. The second-order valence-electron chi connectivity index (χ2n) is 7.21. The number of carbonyl (C=O) groups is 1. The largest absolute Gasteiger partial charge is 0.338 e. The van der Waals surface area contributed by atoms with Crippen LogP contribution in [0.1, 0.15) is 28.4 Å². The Labute approximate surface area is 155 Å². The van der Waals surface area contributed by atoms with Gasteiger partial charge in [0.15, 0.2) is 0 Å². The molecule has 1 amide bonds. The van der Waals surface area contributed by atoms with E-state index in [1.807, 2.05) is 45.9 Å². The fourth-order valence-electron chi connectivity index (χ4n) is 4.31. The predicted octanol–water partition coefficient (Wildman–Crippen LogP) is 1.08. The maximum Gasteiger partial charge on any atom is 0.253 e. The summed E-state index contributed by atoms with van der Waals surface area (Å²) in [7, 11) is 0. The molecule has 136 valence electrons. The second kappa shape index (κ2) is 6.15. The zero-order valence-electron chi connectivity index (χ0n) is 14.6. The van der Waals surface area contributed by atoms with Crippen LogP contribution in [0.3, 0.4) is 0 Å². The van der Waals surface area contributed by atoms with Crippen molar-refractivity contribution in [1.82, 2.24) is 29.7 Å². The Morgan fingerprint density at radius 1 is 1.07 bits per heavy atom. The number of tetrazole rings is 1. The van der Waals surface area contributed by atoms with Crippen molar-refractivity contribution < 1.29 is 4.79 Å². The summed E-state index contributed by atoms with van der Waals surface area (Å²) in [6, 6.07) is 12.8. The first-order valence-electron chi connectivity index (χ1n) is 9.01. The molecule has 0 N–H and O–H groups in total. The molecule has 5 rings (SSSR count). The molecule has 2 aliphatic rings. The van der Waals surface area contributed by atoms with E-state index >= 15 is 0 Å². The molecule has 0 radical (unpaired) electrons. The molecule has 2 bridgehead atoms. The van der Waals surface area contributed by atoms with Crippen molar-refractivity contribution in [3.63, 3.8) is 0 Å². The van der Waals surface area contributed by atoms with Gasteiger partial charge in [-0.1, -0.05) is 12.1 Å². The van der Waals surface area contributed by atoms with E-state index in [1.54, 1.807) is 6.07 Å². The average molecular weight is 362 g/mol. The normalized spacial score (nSPS) is 21.0. The highest BCUT2D eigenvalue weighted by Crippen LogP contribution is 2.35. The Hall–Kier alpha value is -3.29. The van der Waals surface area contributed by atoms with Gasteiger partial charge in [0.2, 0.25) is 0 Å². The molecule has 0 saturated carbocycles. The number of fused-ring (bicyclic) bond motifs is 4. The van der Waals surface area contributed by atoms with Crippen molar-refractivity contribution in [2.24, 2.45) is 5.92 Å². The quantitative estimate of drug-likeness (QED) is 0.681. The molecule has 27 heavy (non-hydrogen) atoms. The number of piperidine rings is 1. The monoisotopic (exact) mass is 362 g/mol. The molecule has 2 atom stereocenters. The van der Waals surface area contributed by atoms with Crippen LogP contribution in [-0.4, -0.2) is 48.7 Å². The van der Waals surface area contributed by atoms with E-state index < -0.39 is 0 Å². The molecule has 0 unspecified atom stereocenters. The summed E-state index contributed by atoms with van der Waals surface area (Å²) in [6.07, 6.45) is 2.53. The lowest BCUT2D eigenvalue weighted by atomic mass is 9.83. The minimum atomic E-state index is 0.00588. The Bertz CT molecular complexity index is 1060. The van der Waals surface area contributed by atoms with Crippen LogP contribution in [-0.2, 0) is 6.54 Å². The Morgan fingerprint density at radius 2 is 1.96 bits per heavy atom. The van der Waals surface area contributed by atoms with Gasteiger partial charge in [0.1, 0.15) is 6.33 Å². The average Bonchev–Trinajstić information content (AvgIpc) is 3.23. The van der Waals surface area contributed by atoms with Crippen molar-refractivity contribution in [2.75, 3.05) is 13.1 Å². The van der Waals surface area contributed by atoms with Crippen LogP contribution in [0.4, 0.5) is 0 Å². The molecule has 3 aromatic rings. The minimum absolute atomic E-state index is 0.00588. The van der Waals surface area contributed by atoms with Crippen molar-refractivity contribution in [2.45, 2.75) is 18.9 Å². The molecular weight excluding hydrogens is 344 g/mol. The van der Waals surface area contributed by atoms with Gasteiger partial charge in [0, 0.05) is 42.9 Å². The smallest absolute Gasteiger partial charge is 0.253 e. The van der Waals surface area contributed by atoms with E-state index in [9.17, 15) is 9.59 Å². The molecule has 2 aromatic heterocycles. The maximum absolute atomic E-state index is 13.1. The number of rotatable bonds is 2. The number of likely N-dealkylation sites (tertiary alicyclic amines) is 1. The van der Waals surface area contributed by atoms with E-state index in [0.717, 1.165) is 17.8 Å². The number of carbonyl (C=O) groups excluding carboxylic acids is 1. The number of hydrogen-bond acceptors (Lipinski definition) is 5. The van der Waals surface area contributed by atoms with Crippen LogP contribution in [0.2, 0.25) is 0 Å². The predicted molar refractivity (Wildman–Crippen MR) is 96.6 cm³/mol. The van der Waals surface area contributed by atoms with Gasteiger partial charge in [-0.2, -0.15) is 0 Å². The Kier molecular flexibility index (Phi) is 3.63. The first-order valence-corrected chi connectivity index (χ1v) is 9.01. The van der Waals surface area contributed by atoms with E-state index in [1.165, 1.54) is 11.0 Å². The minimum Gasteiger partial charge on any atom is -0.338 e. The van der Waals surface area contributed by atoms with Crippen molar-refractivity contribution in [1.29, 1.82) is 0 Å². The molecule has 2 aliphatic heterocycles. The summed E-state index contributed by atoms with van der Waals surface area (Å²) in [5.41, 5.74) is 2.46. The van der Waals surface area contributed by atoms with Gasteiger partial charge in [-0.05, 0) is 47.0 Å². The van der Waals surface area contributed by atoms with Gasteiger partial charge in [-0.25, -0.2) is 4.68 Å². The van der Waals surface area contributed by atoms with Gasteiger partial charge in [-0.15, -0.1) is 5.10 Å². The van der Waals surface area contributed by atoms with E-state index in [4.69, 9.17) is 0 Å². The number of hydrogen-bond donors (Lipinski definition) is 0. The molecule has 0 spiro atoms. The summed E-state index contributed by atoms with van der Waals surface area (Å²) >= 11 is 0. The Balaban J connectivity index is 1.43. The van der Waals surface area contributed by atoms with Crippen molar-refractivity contribution in [3.05, 3.63) is 70.4 Å². The van der Waals surface area contributed by atoms with Gasteiger partial charge in [-0.3, -0.25) is 9.59 Å². The van der Waals surface area contributed by atoms with Crippen LogP contribution in [0.25, 0.3) is 5.69 Å². The fourth-order valence-corrected chi connectivity index (χ4v) is 4.31. The molecule has 1 fully saturated rings. The molecule has 8 heteroatoms. The van der Waals surface area contributed by atoms with Crippen molar-refractivity contribution in [3.8, 4) is 5.69 Å². The third kappa shape index (κ3) is 2.73. The number of benzene rings is 1. The molecule has 0 aliphatic carbocycles. The second-order valence-corrected chi connectivity index (χ2v) is 7.21. The topological polar surface area (TPSA) is 85.9 Å². The Morgan fingerprint density at radius 3 is 2.81 bits per heavy atom. The summed E-state index contributed by atoms with van der Waals surface area (Å²) in [5.74, 6) is 0.521. The SMILES string of the molecule is O=C(c1cccc(-n2cnnn2)c1)N1C[C@@H]2C[C@@H](C1)c1cccc(=O)n1C2. The first-order chi connectivity index (χ1) is 13.2. The number of amides is 1. The standard InChI is InChI=1S/C19H18N6O2/c26-18-6-2-5-17-15-7-13(10-24(17)18)9-23(11-15)19(27)14-3-1-4-16(8-14)25-12-20-21-22-25/h1-6,8,12-13,15H,7,9-11H2/t13-,15-/m0/s1. The third-order valence-corrected chi connectivity index (χ3v) is 5.47. The summed E-state index contributed by atoms with van der Waals surface area (Å²) in [4.78, 5) is 27.2. The zero-order valence-corrected chi connectivity index (χ0v) is 14.6. The van der Waals surface area contributed by atoms with E-state index in [0.29, 0.717) is 31.1 Å². The number of pyridine rings is 1. The lowest BCUT2D eigenvalue weighted by Gasteiger charge is -2.42. The number of aromatic nitrogens is 5. The highest BCUT2D eigenvalue weighted by molar-refractivity contribution is 5.94. The maximum atomic E-state index is 13.1. The molecule has 1 saturated heterocycles. The molecule has 8 nitrogen and oxygen atoms in total. The van der Waals surface area contributed by atoms with E-state index in [2.05, 4.69) is 15.5 Å². The third-order valence-electron chi connectivity index (χ3n) is 5.47. The van der Waals surface area contributed by atoms with Crippen LogP contribution < -0.4 is 5.56 Å². The lowest BCUT2D eigenvalue weighted by Crippen LogP contribution is -2.49. The molecule has 4 heterocycles. The van der Waals surface area contributed by atoms with Gasteiger partial charge in [0.25, 0.3) is 11.5 Å². The van der Waals surface area contributed by atoms with Crippen LogP contribution in [0.15, 0.2) is 53.6 Å². The van der Waals surface area contributed by atoms with Gasteiger partial charge < -0.3 is 9.47 Å². The molecule has 1 aromatic carbocycles. The van der Waals surface area contributed by atoms with Crippen LogP contribution >= 0.6 is 0 Å². The van der Waals surface area contributed by atoms with Gasteiger partial charge >= 0.3 is 0 Å². The summed E-state index contributed by atoms with van der Waals surface area (Å²) < 4.78 is 3.41. The van der Waals surface area contributed by atoms with Crippen LogP contribution in [0, 0.1) is 5.92 Å². The highest BCUT2D eigenvalue weighted by atomic mass is 16.2.